The summed E-state index contributed by atoms with van der Waals surface area (Å²) in [4.78, 5) is 22.2. The highest BCUT2D eigenvalue weighted by Gasteiger charge is 2.15. The van der Waals surface area contributed by atoms with Crippen LogP contribution in [0.3, 0.4) is 0 Å². The number of ether oxygens (including phenoxy) is 1. The number of anilines is 1. The maximum absolute atomic E-state index is 11.3. The largest absolute Gasteiger partial charge is 0.443 e. The summed E-state index contributed by atoms with van der Waals surface area (Å²) in [6.45, 7) is 6.77. The summed E-state index contributed by atoms with van der Waals surface area (Å²) in [6.07, 6.45) is 0.880. The second-order valence-corrected chi connectivity index (χ2v) is 5.18. The van der Waals surface area contributed by atoms with Gasteiger partial charge >= 0.3 is 6.09 Å². The van der Waals surface area contributed by atoms with Gasteiger partial charge < -0.3 is 10.1 Å². The zero-order chi connectivity index (χ0) is 15.2. The van der Waals surface area contributed by atoms with Crippen molar-refractivity contribution in [3.63, 3.8) is 0 Å². The monoisotopic (exact) mass is 277 g/mol. The van der Waals surface area contributed by atoms with Crippen molar-refractivity contribution in [3.05, 3.63) is 29.8 Å². The van der Waals surface area contributed by atoms with E-state index in [0.717, 1.165) is 5.56 Å². The summed E-state index contributed by atoms with van der Waals surface area (Å²) >= 11 is 0. The molecule has 0 saturated carbocycles. The van der Waals surface area contributed by atoms with Gasteiger partial charge in [0.25, 0.3) is 0 Å². The lowest BCUT2D eigenvalue weighted by atomic mass is 10.2. The Hall–Kier alpha value is -2.37. The number of hydrogen-bond donors (Lipinski definition) is 2. The van der Waals surface area contributed by atoms with E-state index in [1.807, 2.05) is 0 Å². The van der Waals surface area contributed by atoms with Gasteiger partial charge in [0.15, 0.2) is 0 Å². The molecule has 0 atom stereocenters. The van der Waals surface area contributed by atoms with Gasteiger partial charge in [0.2, 0.25) is 5.91 Å². The van der Waals surface area contributed by atoms with Crippen molar-refractivity contribution < 1.29 is 14.3 Å². The number of nitrogens with one attached hydrogen (secondary N) is 2. The third-order valence-electron chi connectivity index (χ3n) is 2.00. The smallest absolute Gasteiger partial charge is 0.428 e. The fourth-order valence-corrected chi connectivity index (χ4v) is 1.32. The summed E-state index contributed by atoms with van der Waals surface area (Å²) in [6, 6.07) is 7.03. The first-order chi connectivity index (χ1) is 9.26. The molecule has 1 aromatic rings. The number of nitrogens with zero attached hydrogens (tertiary/aromatic N) is 1. The first-order valence-electron chi connectivity index (χ1n) is 6.16. The summed E-state index contributed by atoms with van der Waals surface area (Å²) in [5, 5.41) is 6.44. The van der Waals surface area contributed by atoms with Crippen LogP contribution in [0.5, 0.6) is 0 Å². The molecule has 2 N–H and O–H groups in total. The van der Waals surface area contributed by atoms with Crippen LogP contribution in [-0.2, 0) is 9.53 Å². The highest BCUT2D eigenvalue weighted by Crippen LogP contribution is 2.08. The maximum atomic E-state index is 11.3. The molecule has 0 unspecified atom stereocenters. The van der Waals surface area contributed by atoms with Crippen molar-refractivity contribution in [2.24, 2.45) is 5.10 Å². The molecule has 1 aromatic carbocycles. The second kappa shape index (κ2) is 6.70. The molecule has 0 aliphatic heterocycles. The molecule has 0 radical (unpaired) electrons. The molecule has 0 spiro atoms. The van der Waals surface area contributed by atoms with Gasteiger partial charge in [0.05, 0.1) is 6.21 Å². The van der Waals surface area contributed by atoms with Gasteiger partial charge in [-0.15, -0.1) is 0 Å². The van der Waals surface area contributed by atoms with E-state index in [4.69, 9.17) is 4.74 Å². The van der Waals surface area contributed by atoms with Crippen LogP contribution in [0.25, 0.3) is 0 Å². The predicted molar refractivity (Wildman–Crippen MR) is 77.7 cm³/mol. The van der Waals surface area contributed by atoms with Crippen LogP contribution in [0.4, 0.5) is 10.5 Å². The number of hydrogen-bond acceptors (Lipinski definition) is 4. The molecule has 20 heavy (non-hydrogen) atoms. The van der Waals surface area contributed by atoms with Crippen LogP contribution >= 0.6 is 0 Å². The van der Waals surface area contributed by atoms with E-state index in [9.17, 15) is 9.59 Å². The Morgan fingerprint density at radius 1 is 1.20 bits per heavy atom. The average Bonchev–Trinajstić information content (AvgIpc) is 2.28. The van der Waals surface area contributed by atoms with Crippen molar-refractivity contribution in [2.45, 2.75) is 33.3 Å². The van der Waals surface area contributed by atoms with E-state index < -0.39 is 11.7 Å². The average molecular weight is 277 g/mol. The summed E-state index contributed by atoms with van der Waals surface area (Å²) in [5.74, 6) is -0.127. The Balaban J connectivity index is 2.50. The molecule has 108 valence electrons. The number of benzene rings is 1. The molecular formula is C14H19N3O3. The molecule has 0 aromatic heterocycles. The molecule has 0 saturated heterocycles. The Labute approximate surface area is 118 Å². The van der Waals surface area contributed by atoms with E-state index in [2.05, 4.69) is 15.8 Å². The third kappa shape index (κ3) is 6.53. The van der Waals surface area contributed by atoms with Gasteiger partial charge in [0, 0.05) is 12.6 Å². The zero-order valence-electron chi connectivity index (χ0n) is 12.1. The van der Waals surface area contributed by atoms with Gasteiger partial charge in [-0.25, -0.2) is 10.2 Å². The fraction of sp³-hybridized carbons (Fsp3) is 0.357. The van der Waals surface area contributed by atoms with Crippen LogP contribution in [0.2, 0.25) is 0 Å². The molecule has 2 amide bonds. The zero-order valence-corrected chi connectivity index (χ0v) is 12.1. The van der Waals surface area contributed by atoms with Crippen molar-refractivity contribution in [3.8, 4) is 0 Å². The highest BCUT2D eigenvalue weighted by molar-refractivity contribution is 5.89. The normalized spacial score (nSPS) is 11.2. The number of amides is 2. The van der Waals surface area contributed by atoms with Crippen molar-refractivity contribution in [2.75, 3.05) is 5.32 Å². The van der Waals surface area contributed by atoms with Crippen LogP contribution in [0, 0.1) is 0 Å². The van der Waals surface area contributed by atoms with Crippen LogP contribution in [-0.4, -0.2) is 23.8 Å². The Bertz CT molecular complexity index is 501. The minimum absolute atomic E-state index is 0.127. The lowest BCUT2D eigenvalue weighted by Crippen LogP contribution is -2.29. The van der Waals surface area contributed by atoms with Crippen LogP contribution in [0.15, 0.2) is 29.4 Å². The lowest BCUT2D eigenvalue weighted by molar-refractivity contribution is -0.114. The summed E-state index contributed by atoms with van der Waals surface area (Å²) < 4.78 is 5.03. The van der Waals surface area contributed by atoms with Gasteiger partial charge in [0.1, 0.15) is 5.60 Å². The standard InChI is InChI=1S/C14H19N3O3/c1-10(18)16-12-7-5-11(6-8-12)9-15-17-13(19)20-14(2,3)4/h5-9H,1-4H3,(H,16,18)(H,17,19)/b15-9+. The lowest BCUT2D eigenvalue weighted by Gasteiger charge is -2.18. The first-order valence-corrected chi connectivity index (χ1v) is 6.16. The molecule has 0 bridgehead atoms. The topological polar surface area (TPSA) is 79.8 Å². The van der Waals surface area contributed by atoms with Crippen molar-refractivity contribution >= 4 is 23.9 Å². The molecule has 6 heteroatoms. The first kappa shape index (κ1) is 15.7. The third-order valence-corrected chi connectivity index (χ3v) is 2.00. The van der Waals surface area contributed by atoms with E-state index in [1.165, 1.54) is 13.1 Å². The molecule has 0 fully saturated rings. The van der Waals surface area contributed by atoms with Crippen molar-refractivity contribution in [1.82, 2.24) is 5.43 Å². The molecule has 1 rings (SSSR count). The molecule has 6 nitrogen and oxygen atoms in total. The molecule has 0 aliphatic rings. The van der Waals surface area contributed by atoms with Gasteiger partial charge in [-0.2, -0.15) is 5.10 Å². The molecule has 0 heterocycles. The highest BCUT2D eigenvalue weighted by atomic mass is 16.6. The SMILES string of the molecule is CC(=O)Nc1ccc(/C=N/NC(=O)OC(C)(C)C)cc1. The maximum Gasteiger partial charge on any atom is 0.428 e. The Morgan fingerprint density at radius 3 is 2.30 bits per heavy atom. The summed E-state index contributed by atoms with van der Waals surface area (Å²) in [7, 11) is 0. The van der Waals surface area contributed by atoms with Gasteiger partial charge in [-0.05, 0) is 38.5 Å². The quantitative estimate of drug-likeness (QED) is 0.658. The Kier molecular flexibility index (Phi) is 5.25. The van der Waals surface area contributed by atoms with Crippen molar-refractivity contribution in [1.29, 1.82) is 0 Å². The second-order valence-electron chi connectivity index (χ2n) is 5.18. The Morgan fingerprint density at radius 2 is 1.80 bits per heavy atom. The van der Waals surface area contributed by atoms with E-state index in [1.54, 1.807) is 45.0 Å². The molecular weight excluding hydrogens is 258 g/mol. The van der Waals surface area contributed by atoms with Crippen LogP contribution in [0.1, 0.15) is 33.3 Å². The number of hydrazone groups is 1. The van der Waals surface area contributed by atoms with E-state index in [0.29, 0.717) is 5.69 Å². The van der Waals surface area contributed by atoms with E-state index >= 15 is 0 Å². The number of carbonyl (C=O) groups excluding carboxylic acids is 2. The minimum atomic E-state index is -0.608. The predicted octanol–water partition coefficient (Wildman–Crippen LogP) is 2.50. The minimum Gasteiger partial charge on any atom is -0.443 e. The number of rotatable bonds is 3. The summed E-state index contributed by atoms with van der Waals surface area (Å²) in [5.41, 5.74) is 3.21. The number of carbonyl (C=O) groups is 2. The van der Waals surface area contributed by atoms with Crippen LogP contribution < -0.4 is 10.7 Å². The van der Waals surface area contributed by atoms with Gasteiger partial charge in [-0.1, -0.05) is 12.1 Å². The van der Waals surface area contributed by atoms with E-state index in [-0.39, 0.29) is 5.91 Å². The van der Waals surface area contributed by atoms with Gasteiger partial charge in [-0.3, -0.25) is 4.79 Å². The fourth-order valence-electron chi connectivity index (χ4n) is 1.32. The molecule has 0 aliphatic carbocycles.